The highest BCUT2D eigenvalue weighted by Gasteiger charge is 2.40. The Morgan fingerprint density at radius 2 is 1.90 bits per heavy atom. The molecule has 3 heterocycles. The second-order valence-electron chi connectivity index (χ2n) is 6.43. The van der Waals surface area contributed by atoms with Crippen LogP contribution in [-0.4, -0.2) is 54.7 Å². The smallest absolute Gasteiger partial charge is 0.0622 e. The Balaban J connectivity index is 1.61. The molecule has 1 aromatic carbocycles. The Bertz CT molecular complexity index is 444. The topological polar surface area (TPSA) is 15.7 Å². The van der Waals surface area contributed by atoms with Gasteiger partial charge in [0, 0.05) is 37.8 Å². The van der Waals surface area contributed by atoms with Crippen LogP contribution in [0.5, 0.6) is 0 Å². The molecule has 3 fully saturated rings. The molecule has 3 unspecified atom stereocenters. The predicted molar refractivity (Wildman–Crippen MR) is 79.7 cm³/mol. The van der Waals surface area contributed by atoms with E-state index >= 15 is 0 Å². The average molecular weight is 272 g/mol. The van der Waals surface area contributed by atoms with Crippen molar-refractivity contribution in [3.05, 3.63) is 35.9 Å². The molecule has 1 aromatic rings. The van der Waals surface area contributed by atoms with Gasteiger partial charge in [-0.2, -0.15) is 0 Å². The highest BCUT2D eigenvalue weighted by molar-refractivity contribution is 5.21. The van der Waals surface area contributed by atoms with Crippen LogP contribution in [0, 0.1) is 0 Å². The summed E-state index contributed by atoms with van der Waals surface area (Å²) in [5.41, 5.74) is 1.48. The van der Waals surface area contributed by atoms with Crippen LogP contribution in [-0.2, 0) is 4.74 Å². The Morgan fingerprint density at radius 1 is 1.00 bits per heavy atom. The van der Waals surface area contributed by atoms with Crippen molar-refractivity contribution in [1.29, 1.82) is 0 Å². The lowest BCUT2D eigenvalue weighted by Crippen LogP contribution is -2.55. The first-order valence-electron chi connectivity index (χ1n) is 8.04. The van der Waals surface area contributed by atoms with E-state index < -0.39 is 0 Å². The molecule has 3 saturated heterocycles. The SMILES string of the molecule is c1ccc(C2CN3CCCC3CN2C2CCOC2)cc1. The lowest BCUT2D eigenvalue weighted by atomic mass is 9.97. The van der Waals surface area contributed by atoms with Crippen LogP contribution < -0.4 is 0 Å². The van der Waals surface area contributed by atoms with E-state index in [1.54, 1.807) is 0 Å². The van der Waals surface area contributed by atoms with Crippen LogP contribution in [0.1, 0.15) is 30.9 Å². The molecule has 0 aromatic heterocycles. The molecule has 0 aliphatic carbocycles. The summed E-state index contributed by atoms with van der Waals surface area (Å²) >= 11 is 0. The fourth-order valence-corrected chi connectivity index (χ4v) is 4.20. The molecule has 108 valence electrons. The van der Waals surface area contributed by atoms with Crippen LogP contribution in [0.2, 0.25) is 0 Å². The molecular weight excluding hydrogens is 248 g/mol. The van der Waals surface area contributed by atoms with Crippen molar-refractivity contribution < 1.29 is 4.74 Å². The van der Waals surface area contributed by atoms with Crippen LogP contribution in [0.15, 0.2) is 30.3 Å². The third kappa shape index (κ3) is 2.28. The van der Waals surface area contributed by atoms with Gasteiger partial charge in [0.1, 0.15) is 0 Å². The maximum Gasteiger partial charge on any atom is 0.0622 e. The van der Waals surface area contributed by atoms with Gasteiger partial charge < -0.3 is 4.74 Å². The van der Waals surface area contributed by atoms with Crippen molar-refractivity contribution >= 4 is 0 Å². The summed E-state index contributed by atoms with van der Waals surface area (Å²) in [4.78, 5) is 5.46. The molecule has 0 amide bonds. The zero-order valence-corrected chi connectivity index (χ0v) is 12.1. The highest BCUT2D eigenvalue weighted by atomic mass is 16.5. The van der Waals surface area contributed by atoms with E-state index in [0.29, 0.717) is 12.1 Å². The van der Waals surface area contributed by atoms with Gasteiger partial charge in [0.25, 0.3) is 0 Å². The van der Waals surface area contributed by atoms with Gasteiger partial charge in [0.05, 0.1) is 6.61 Å². The molecule has 4 rings (SSSR count). The zero-order valence-electron chi connectivity index (χ0n) is 12.1. The monoisotopic (exact) mass is 272 g/mol. The third-order valence-electron chi connectivity index (χ3n) is 5.29. The summed E-state index contributed by atoms with van der Waals surface area (Å²) in [7, 11) is 0. The molecule has 3 aliphatic rings. The Labute approximate surface area is 121 Å². The number of fused-ring (bicyclic) bond motifs is 1. The second kappa shape index (κ2) is 5.47. The quantitative estimate of drug-likeness (QED) is 0.821. The van der Waals surface area contributed by atoms with Gasteiger partial charge in [-0.3, -0.25) is 9.80 Å². The lowest BCUT2D eigenvalue weighted by molar-refractivity contribution is 0.0152. The van der Waals surface area contributed by atoms with Gasteiger partial charge in [0.2, 0.25) is 0 Å². The standard InChI is InChI=1S/C17H24N2O/c1-2-5-14(6-3-1)17-12-18-9-4-7-15(18)11-19(17)16-8-10-20-13-16/h1-3,5-6,15-17H,4,7-13H2. The summed E-state index contributed by atoms with van der Waals surface area (Å²) in [5.74, 6) is 0. The number of nitrogens with zero attached hydrogens (tertiary/aromatic N) is 2. The van der Waals surface area contributed by atoms with Gasteiger partial charge >= 0.3 is 0 Å². The first-order chi connectivity index (χ1) is 9.92. The van der Waals surface area contributed by atoms with Gasteiger partial charge in [-0.25, -0.2) is 0 Å². The van der Waals surface area contributed by atoms with Gasteiger partial charge in [-0.15, -0.1) is 0 Å². The molecule has 0 N–H and O–H groups in total. The molecule has 3 aliphatic heterocycles. The van der Waals surface area contributed by atoms with Gasteiger partial charge in [-0.1, -0.05) is 30.3 Å². The minimum Gasteiger partial charge on any atom is -0.380 e. The number of rotatable bonds is 2. The summed E-state index contributed by atoms with van der Waals surface area (Å²) in [5, 5.41) is 0. The first-order valence-corrected chi connectivity index (χ1v) is 8.04. The molecular formula is C17H24N2O. The normalized spacial score (nSPS) is 35.3. The lowest BCUT2D eigenvalue weighted by Gasteiger charge is -2.46. The summed E-state index contributed by atoms with van der Waals surface area (Å²) in [6.45, 7) is 5.59. The Kier molecular flexibility index (Phi) is 3.51. The van der Waals surface area contributed by atoms with Crippen LogP contribution in [0.3, 0.4) is 0 Å². The molecule has 20 heavy (non-hydrogen) atoms. The van der Waals surface area contributed by atoms with E-state index in [1.165, 1.54) is 44.5 Å². The minimum absolute atomic E-state index is 0.553. The van der Waals surface area contributed by atoms with Crippen LogP contribution >= 0.6 is 0 Å². The van der Waals surface area contributed by atoms with Crippen molar-refractivity contribution in [3.8, 4) is 0 Å². The van der Waals surface area contributed by atoms with Crippen LogP contribution in [0.25, 0.3) is 0 Å². The summed E-state index contributed by atoms with van der Waals surface area (Å²) < 4.78 is 5.65. The second-order valence-corrected chi connectivity index (χ2v) is 6.43. The Hall–Kier alpha value is -0.900. The first kappa shape index (κ1) is 12.8. The summed E-state index contributed by atoms with van der Waals surface area (Å²) in [6, 6.07) is 13.0. The van der Waals surface area contributed by atoms with Gasteiger partial charge in [0.15, 0.2) is 0 Å². The van der Waals surface area contributed by atoms with Crippen molar-refractivity contribution in [2.24, 2.45) is 0 Å². The van der Waals surface area contributed by atoms with E-state index in [4.69, 9.17) is 4.74 Å². The number of hydrogen-bond donors (Lipinski definition) is 0. The largest absolute Gasteiger partial charge is 0.380 e. The maximum atomic E-state index is 5.65. The molecule has 0 spiro atoms. The predicted octanol–water partition coefficient (Wildman–Crippen LogP) is 2.30. The zero-order chi connectivity index (χ0) is 13.4. The number of hydrogen-bond acceptors (Lipinski definition) is 3. The van der Waals surface area contributed by atoms with E-state index in [2.05, 4.69) is 40.1 Å². The van der Waals surface area contributed by atoms with E-state index in [9.17, 15) is 0 Å². The third-order valence-corrected chi connectivity index (χ3v) is 5.29. The van der Waals surface area contributed by atoms with Crippen LogP contribution in [0.4, 0.5) is 0 Å². The molecule has 3 atom stereocenters. The highest BCUT2D eigenvalue weighted by Crippen LogP contribution is 2.35. The van der Waals surface area contributed by atoms with E-state index in [1.807, 2.05) is 0 Å². The van der Waals surface area contributed by atoms with Crippen molar-refractivity contribution in [3.63, 3.8) is 0 Å². The maximum absolute atomic E-state index is 5.65. The molecule has 3 nitrogen and oxygen atoms in total. The van der Waals surface area contributed by atoms with Crippen molar-refractivity contribution in [1.82, 2.24) is 9.80 Å². The van der Waals surface area contributed by atoms with Crippen molar-refractivity contribution in [2.45, 2.75) is 37.4 Å². The molecule has 0 saturated carbocycles. The summed E-state index contributed by atoms with van der Waals surface area (Å²) in [6.07, 6.45) is 3.96. The van der Waals surface area contributed by atoms with E-state index in [0.717, 1.165) is 19.3 Å². The molecule has 0 radical (unpaired) electrons. The van der Waals surface area contributed by atoms with Crippen molar-refractivity contribution in [2.75, 3.05) is 32.8 Å². The fourth-order valence-electron chi connectivity index (χ4n) is 4.20. The average Bonchev–Trinajstić information content (AvgIpc) is 3.17. The number of piperazine rings is 1. The number of ether oxygens (including phenoxy) is 1. The fraction of sp³-hybridized carbons (Fsp3) is 0.647. The minimum atomic E-state index is 0.553. The van der Waals surface area contributed by atoms with E-state index in [-0.39, 0.29) is 0 Å². The van der Waals surface area contributed by atoms with Gasteiger partial charge in [-0.05, 0) is 31.4 Å². The molecule has 3 heteroatoms. The Morgan fingerprint density at radius 3 is 2.70 bits per heavy atom. The number of benzene rings is 1. The molecule has 0 bridgehead atoms.